The summed E-state index contributed by atoms with van der Waals surface area (Å²) in [5, 5.41) is 15.2. The van der Waals surface area contributed by atoms with Gasteiger partial charge in [-0.2, -0.15) is 0 Å². The highest BCUT2D eigenvalue weighted by Crippen LogP contribution is 2.34. The van der Waals surface area contributed by atoms with Crippen molar-refractivity contribution in [1.82, 2.24) is 20.3 Å². The molecule has 0 radical (unpaired) electrons. The zero-order valence-electron chi connectivity index (χ0n) is 18.3. The number of aryl methyl sites for hydroxylation is 1. The molecule has 0 amide bonds. The molecule has 0 unspecified atom stereocenters. The minimum atomic E-state index is 0.108. The Morgan fingerprint density at radius 1 is 1.13 bits per heavy atom. The second kappa shape index (κ2) is 7.20. The quantitative estimate of drug-likeness (QED) is 0.510. The van der Waals surface area contributed by atoms with Crippen molar-refractivity contribution in [1.29, 1.82) is 0 Å². The van der Waals surface area contributed by atoms with E-state index in [4.69, 9.17) is 9.40 Å². The zero-order chi connectivity index (χ0) is 21.8. The van der Waals surface area contributed by atoms with Gasteiger partial charge in [0.2, 0.25) is 0 Å². The summed E-state index contributed by atoms with van der Waals surface area (Å²) in [5.74, 6) is 1.67. The zero-order valence-corrected chi connectivity index (χ0v) is 18.3. The average molecular weight is 418 g/mol. The molecule has 2 N–H and O–H groups in total. The Bertz CT molecular complexity index is 1270. The molecule has 4 aromatic rings. The van der Waals surface area contributed by atoms with E-state index in [9.17, 15) is 5.11 Å². The monoisotopic (exact) mass is 417 g/mol. The molecule has 160 valence electrons. The lowest BCUT2D eigenvalue weighted by molar-refractivity contribution is 0.373. The molecule has 3 aromatic heterocycles. The Labute approximate surface area is 181 Å². The molecular weight excluding hydrogens is 390 g/mol. The first-order valence-corrected chi connectivity index (χ1v) is 10.7. The Balaban J connectivity index is 1.43. The number of pyridine rings is 2. The third-order valence-electron chi connectivity index (χ3n) is 5.60. The van der Waals surface area contributed by atoms with Crippen molar-refractivity contribution in [3.05, 3.63) is 42.4 Å². The van der Waals surface area contributed by atoms with Crippen LogP contribution in [0.15, 0.2) is 40.9 Å². The summed E-state index contributed by atoms with van der Waals surface area (Å²) in [4.78, 5) is 16.0. The molecular formula is C24H27N5O2. The molecule has 0 spiro atoms. The first-order valence-electron chi connectivity index (χ1n) is 10.7. The van der Waals surface area contributed by atoms with Crippen LogP contribution in [0.5, 0.6) is 5.75 Å². The number of nitrogens with zero attached hydrogens (tertiary/aromatic N) is 4. The van der Waals surface area contributed by atoms with Gasteiger partial charge in [0.25, 0.3) is 0 Å². The normalized spacial score (nSPS) is 17.2. The maximum Gasteiger partial charge on any atom is 0.192 e. The van der Waals surface area contributed by atoms with E-state index in [-0.39, 0.29) is 11.3 Å². The maximum atomic E-state index is 10.5. The number of aromatic hydroxyl groups is 1. The fourth-order valence-electron chi connectivity index (χ4n) is 4.32. The van der Waals surface area contributed by atoms with Gasteiger partial charge in [-0.15, -0.1) is 0 Å². The summed E-state index contributed by atoms with van der Waals surface area (Å²) < 4.78 is 5.61. The Morgan fingerprint density at radius 2 is 1.97 bits per heavy atom. The van der Waals surface area contributed by atoms with E-state index in [0.29, 0.717) is 34.3 Å². The van der Waals surface area contributed by atoms with Crippen molar-refractivity contribution in [2.45, 2.75) is 45.7 Å². The predicted octanol–water partition coefficient (Wildman–Crippen LogP) is 4.42. The molecule has 1 aliphatic rings. The number of hydrogen-bond donors (Lipinski definition) is 2. The smallest absolute Gasteiger partial charge is 0.192 e. The number of oxazole rings is 1. The molecule has 1 atom stereocenters. The first kappa shape index (κ1) is 19.8. The molecule has 0 saturated carbocycles. The van der Waals surface area contributed by atoms with Crippen LogP contribution in [0.2, 0.25) is 0 Å². The number of nitrogens with one attached hydrogen (secondary N) is 1. The highest BCUT2D eigenvalue weighted by atomic mass is 16.3. The van der Waals surface area contributed by atoms with Crippen molar-refractivity contribution in [3.63, 3.8) is 0 Å². The van der Waals surface area contributed by atoms with Crippen molar-refractivity contribution < 1.29 is 9.52 Å². The van der Waals surface area contributed by atoms with Gasteiger partial charge in [-0.25, -0.2) is 15.0 Å². The number of benzene rings is 1. The maximum absolute atomic E-state index is 10.5. The van der Waals surface area contributed by atoms with Gasteiger partial charge < -0.3 is 19.7 Å². The lowest BCUT2D eigenvalue weighted by atomic mass is 10.1. The van der Waals surface area contributed by atoms with Gasteiger partial charge in [0.1, 0.15) is 17.1 Å². The minimum absolute atomic E-state index is 0.108. The van der Waals surface area contributed by atoms with E-state index in [2.05, 4.69) is 47.0 Å². The van der Waals surface area contributed by atoms with Crippen LogP contribution in [0.4, 0.5) is 5.82 Å². The fraction of sp³-hybridized carbons (Fsp3) is 0.375. The number of rotatable bonds is 3. The highest BCUT2D eigenvalue weighted by molar-refractivity contribution is 5.87. The van der Waals surface area contributed by atoms with Crippen molar-refractivity contribution >= 4 is 27.8 Å². The summed E-state index contributed by atoms with van der Waals surface area (Å²) in [6.07, 6.45) is 2.92. The van der Waals surface area contributed by atoms with Crippen LogP contribution in [0.3, 0.4) is 0 Å². The summed E-state index contributed by atoms with van der Waals surface area (Å²) in [5.41, 5.74) is 3.45. The van der Waals surface area contributed by atoms with Crippen LogP contribution in [0, 0.1) is 6.92 Å². The van der Waals surface area contributed by atoms with Crippen molar-refractivity contribution in [2.24, 2.45) is 0 Å². The standard InChI is InChI=1S/C24H27N5O2/c1-14-26-19-11-21(30)17(10-22(19)31-14)18-6-5-15-9-23(25-12-20(15)27-18)29-8-7-16(13-29)28-24(2,3)4/h5-6,9-12,16,28,30H,7-8,13H2,1-4H3/t16-/m1/s1. The number of anilines is 1. The van der Waals surface area contributed by atoms with Crippen LogP contribution in [-0.2, 0) is 0 Å². The average Bonchev–Trinajstić information content (AvgIpc) is 3.30. The third kappa shape index (κ3) is 3.93. The lowest BCUT2D eigenvalue weighted by Crippen LogP contribution is -2.44. The molecule has 4 heterocycles. The van der Waals surface area contributed by atoms with Crippen molar-refractivity contribution in [3.8, 4) is 17.0 Å². The molecule has 1 aromatic carbocycles. The number of phenols is 1. The molecule has 0 aliphatic carbocycles. The number of aromatic nitrogens is 3. The van der Waals surface area contributed by atoms with Gasteiger partial charge in [-0.05, 0) is 45.4 Å². The number of phenolic OH excluding ortho intramolecular Hbond substituents is 1. The van der Waals surface area contributed by atoms with Gasteiger partial charge in [-0.1, -0.05) is 6.07 Å². The van der Waals surface area contributed by atoms with Crippen LogP contribution in [0.25, 0.3) is 33.3 Å². The SMILES string of the molecule is Cc1nc2cc(O)c(-c3ccc4cc(N5CC[C@@H](NC(C)(C)C)C5)ncc4n3)cc2o1. The van der Waals surface area contributed by atoms with Crippen LogP contribution in [-0.4, -0.2) is 44.7 Å². The molecule has 7 heteroatoms. The molecule has 0 bridgehead atoms. The second-order valence-electron chi connectivity index (χ2n) is 9.33. The summed E-state index contributed by atoms with van der Waals surface area (Å²) >= 11 is 0. The highest BCUT2D eigenvalue weighted by Gasteiger charge is 2.26. The van der Waals surface area contributed by atoms with Gasteiger partial charge >= 0.3 is 0 Å². The largest absolute Gasteiger partial charge is 0.507 e. The third-order valence-corrected chi connectivity index (χ3v) is 5.60. The minimum Gasteiger partial charge on any atom is -0.507 e. The number of hydrogen-bond acceptors (Lipinski definition) is 7. The lowest BCUT2D eigenvalue weighted by Gasteiger charge is -2.26. The Kier molecular flexibility index (Phi) is 4.59. The van der Waals surface area contributed by atoms with E-state index >= 15 is 0 Å². The topological polar surface area (TPSA) is 87.3 Å². The fourth-order valence-corrected chi connectivity index (χ4v) is 4.32. The Hall–Kier alpha value is -3.19. The van der Waals surface area contributed by atoms with E-state index < -0.39 is 0 Å². The molecule has 1 fully saturated rings. The molecule has 1 aliphatic heterocycles. The summed E-state index contributed by atoms with van der Waals surface area (Å²) in [6, 6.07) is 9.91. The molecule has 31 heavy (non-hydrogen) atoms. The molecule has 7 nitrogen and oxygen atoms in total. The van der Waals surface area contributed by atoms with E-state index in [0.717, 1.165) is 36.2 Å². The van der Waals surface area contributed by atoms with E-state index in [1.807, 2.05) is 18.3 Å². The second-order valence-corrected chi connectivity index (χ2v) is 9.33. The van der Waals surface area contributed by atoms with Gasteiger partial charge in [0.05, 0.1) is 17.4 Å². The summed E-state index contributed by atoms with van der Waals surface area (Å²) in [7, 11) is 0. The van der Waals surface area contributed by atoms with Crippen LogP contribution in [0.1, 0.15) is 33.1 Å². The predicted molar refractivity (Wildman–Crippen MR) is 122 cm³/mol. The van der Waals surface area contributed by atoms with Crippen LogP contribution >= 0.6 is 0 Å². The molecule has 5 rings (SSSR count). The van der Waals surface area contributed by atoms with Gasteiger partial charge in [0, 0.05) is 48.6 Å². The van der Waals surface area contributed by atoms with E-state index in [1.54, 1.807) is 19.1 Å². The Morgan fingerprint density at radius 3 is 2.77 bits per heavy atom. The number of fused-ring (bicyclic) bond motifs is 2. The van der Waals surface area contributed by atoms with Gasteiger partial charge in [-0.3, -0.25) is 0 Å². The van der Waals surface area contributed by atoms with Crippen molar-refractivity contribution in [2.75, 3.05) is 18.0 Å². The molecule has 1 saturated heterocycles. The van der Waals surface area contributed by atoms with E-state index in [1.165, 1.54) is 0 Å². The first-order chi connectivity index (χ1) is 14.7. The van der Waals surface area contributed by atoms with Crippen LogP contribution < -0.4 is 10.2 Å². The van der Waals surface area contributed by atoms with Gasteiger partial charge in [0.15, 0.2) is 11.5 Å². The summed E-state index contributed by atoms with van der Waals surface area (Å²) in [6.45, 7) is 10.3.